The molecule has 1 atom stereocenters. The van der Waals surface area contributed by atoms with Gasteiger partial charge in [0.25, 0.3) is 0 Å². The molecule has 0 unspecified atom stereocenters. The fraction of sp³-hybridized carbons (Fsp3) is 0.857. The number of nitrogens with zero attached hydrogens (tertiary/aromatic N) is 2. The molecule has 0 amide bonds. The Morgan fingerprint density at radius 1 is 1.45 bits per heavy atom. The van der Waals surface area contributed by atoms with Gasteiger partial charge in [0.1, 0.15) is 6.42 Å². The molecule has 0 fully saturated rings. The molecule has 0 heterocycles. The second kappa shape index (κ2) is 3.67. The minimum Gasteiger partial charge on any atom is -0.870 e. The van der Waals surface area contributed by atoms with E-state index < -0.39 is 5.72 Å². The molecule has 0 aromatic heterocycles. The van der Waals surface area contributed by atoms with Crippen LogP contribution in [0.25, 0.3) is 0 Å². The second-order valence-corrected chi connectivity index (χ2v) is 3.56. The van der Waals surface area contributed by atoms with Crippen LogP contribution in [0.4, 0.5) is 0 Å². The Hall–Kier alpha value is -0.630. The first-order chi connectivity index (χ1) is 4.31. The number of quaternary nitrogens is 1. The lowest BCUT2D eigenvalue weighted by atomic mass is 10.1. The summed E-state index contributed by atoms with van der Waals surface area (Å²) >= 11 is 0. The normalized spacial score (nSPS) is 16.0. The average molecular weight is 160 g/mol. The smallest absolute Gasteiger partial charge is 0.210 e. The Balaban J connectivity index is 0. The molecule has 2 N–H and O–H groups in total. The minimum absolute atomic E-state index is 0. The molecule has 0 radical (unpaired) electrons. The molecule has 11 heavy (non-hydrogen) atoms. The average Bonchev–Trinajstić information content (AvgIpc) is 1.61. The van der Waals surface area contributed by atoms with Crippen molar-refractivity contribution < 1.29 is 15.1 Å². The Kier molecular flexibility index (Phi) is 4.34. The number of nitriles is 1. The SMILES string of the molecule is C[C@](O)(CC#N)[N+](C)(C)C.[OH-]. The molecule has 66 valence electrons. The number of hydrogen-bond acceptors (Lipinski definition) is 3. The molecule has 0 spiro atoms. The minimum atomic E-state index is -0.936. The van der Waals surface area contributed by atoms with Gasteiger partial charge in [0.2, 0.25) is 5.72 Å². The summed E-state index contributed by atoms with van der Waals surface area (Å²) in [6.07, 6.45) is 0.163. The van der Waals surface area contributed by atoms with Crippen molar-refractivity contribution in [2.45, 2.75) is 19.1 Å². The van der Waals surface area contributed by atoms with Crippen molar-refractivity contribution in [3.05, 3.63) is 0 Å². The number of aliphatic hydroxyl groups is 1. The van der Waals surface area contributed by atoms with Crippen LogP contribution in [-0.4, -0.2) is 41.9 Å². The van der Waals surface area contributed by atoms with Gasteiger partial charge in [-0.15, -0.1) is 0 Å². The topological polar surface area (TPSA) is 74.0 Å². The van der Waals surface area contributed by atoms with Crippen LogP contribution in [0, 0.1) is 11.3 Å². The van der Waals surface area contributed by atoms with Crippen molar-refractivity contribution in [1.29, 1.82) is 5.26 Å². The van der Waals surface area contributed by atoms with E-state index >= 15 is 0 Å². The van der Waals surface area contributed by atoms with Crippen molar-refractivity contribution in [3.63, 3.8) is 0 Å². The van der Waals surface area contributed by atoms with E-state index in [0.29, 0.717) is 4.48 Å². The lowest BCUT2D eigenvalue weighted by Gasteiger charge is -2.37. The maximum atomic E-state index is 9.60. The maximum Gasteiger partial charge on any atom is 0.210 e. The van der Waals surface area contributed by atoms with Crippen molar-refractivity contribution in [3.8, 4) is 6.07 Å². The standard InChI is InChI=1S/C7H15N2O.H2O/c1-7(10,5-6-8)9(2,3)4;/h10H,5H2,1-4H3;1H2/q+1;/p-1/t7-;/m0./s1. The Morgan fingerprint density at radius 3 is 1.91 bits per heavy atom. The predicted molar refractivity (Wildman–Crippen MR) is 40.8 cm³/mol. The van der Waals surface area contributed by atoms with Crippen LogP contribution in [0.1, 0.15) is 13.3 Å². The van der Waals surface area contributed by atoms with E-state index in [1.54, 1.807) is 6.92 Å². The molecule has 0 aromatic carbocycles. The Labute approximate surface area is 67.6 Å². The molecule has 4 nitrogen and oxygen atoms in total. The first kappa shape index (κ1) is 13.0. The number of hydrogen-bond donors (Lipinski definition) is 1. The van der Waals surface area contributed by atoms with Gasteiger partial charge in [0.05, 0.1) is 27.2 Å². The van der Waals surface area contributed by atoms with Gasteiger partial charge in [-0.3, -0.25) is 0 Å². The lowest BCUT2D eigenvalue weighted by Crippen LogP contribution is -2.54. The van der Waals surface area contributed by atoms with Gasteiger partial charge in [0, 0.05) is 6.92 Å². The molecule has 0 aliphatic carbocycles. The highest BCUT2D eigenvalue weighted by Gasteiger charge is 2.34. The summed E-state index contributed by atoms with van der Waals surface area (Å²) in [7, 11) is 5.58. The van der Waals surface area contributed by atoms with Crippen LogP contribution in [0.5, 0.6) is 0 Å². The van der Waals surface area contributed by atoms with Crippen molar-refractivity contribution >= 4 is 0 Å². The summed E-state index contributed by atoms with van der Waals surface area (Å²) in [6, 6.07) is 1.95. The van der Waals surface area contributed by atoms with Gasteiger partial charge in [-0.05, 0) is 0 Å². The molecule has 0 saturated carbocycles. The molecule has 0 aromatic rings. The summed E-state index contributed by atoms with van der Waals surface area (Å²) < 4.78 is 0.389. The van der Waals surface area contributed by atoms with Crippen LogP contribution in [0.15, 0.2) is 0 Å². The van der Waals surface area contributed by atoms with Crippen molar-refractivity contribution in [2.75, 3.05) is 21.1 Å². The van der Waals surface area contributed by atoms with Crippen LogP contribution >= 0.6 is 0 Å². The monoisotopic (exact) mass is 160 g/mol. The predicted octanol–water partition coefficient (Wildman–Crippen LogP) is 0.138. The van der Waals surface area contributed by atoms with Crippen LogP contribution < -0.4 is 0 Å². The summed E-state index contributed by atoms with van der Waals surface area (Å²) in [5, 5.41) is 17.9. The quantitative estimate of drug-likeness (QED) is 0.461. The van der Waals surface area contributed by atoms with Crippen LogP contribution in [0.2, 0.25) is 0 Å². The van der Waals surface area contributed by atoms with E-state index in [-0.39, 0.29) is 11.9 Å². The third-order valence-corrected chi connectivity index (χ3v) is 1.86. The molecule has 0 rings (SSSR count). The highest BCUT2D eigenvalue weighted by molar-refractivity contribution is 4.78. The Morgan fingerprint density at radius 2 is 1.82 bits per heavy atom. The van der Waals surface area contributed by atoms with Gasteiger partial charge in [0.15, 0.2) is 0 Å². The van der Waals surface area contributed by atoms with Gasteiger partial charge in [-0.25, -0.2) is 0 Å². The largest absolute Gasteiger partial charge is 0.870 e. The molecule has 4 heteroatoms. The van der Waals surface area contributed by atoms with Crippen LogP contribution in [-0.2, 0) is 0 Å². The molecular formula is C7H16N2O2. The lowest BCUT2D eigenvalue weighted by molar-refractivity contribution is -0.947. The summed E-state index contributed by atoms with van der Waals surface area (Å²) in [5.74, 6) is 0. The van der Waals surface area contributed by atoms with Crippen molar-refractivity contribution in [1.82, 2.24) is 0 Å². The fourth-order valence-electron chi connectivity index (χ4n) is 0.387. The fourth-order valence-corrected chi connectivity index (χ4v) is 0.387. The molecule has 0 aliphatic heterocycles. The maximum absolute atomic E-state index is 9.60. The highest BCUT2D eigenvalue weighted by Crippen LogP contribution is 2.17. The van der Waals surface area contributed by atoms with E-state index in [1.807, 2.05) is 27.2 Å². The van der Waals surface area contributed by atoms with E-state index in [0.717, 1.165) is 0 Å². The van der Waals surface area contributed by atoms with Crippen molar-refractivity contribution in [2.24, 2.45) is 0 Å². The van der Waals surface area contributed by atoms with Crippen LogP contribution in [0.3, 0.4) is 0 Å². The zero-order valence-electron chi connectivity index (χ0n) is 7.50. The van der Waals surface area contributed by atoms with Gasteiger partial charge < -0.3 is 15.1 Å². The zero-order valence-corrected chi connectivity index (χ0v) is 7.50. The zero-order chi connectivity index (χ0) is 8.41. The van der Waals surface area contributed by atoms with E-state index in [1.165, 1.54) is 0 Å². The summed E-state index contributed by atoms with van der Waals surface area (Å²) in [6.45, 7) is 1.66. The molecule has 0 aliphatic rings. The third kappa shape index (κ3) is 3.33. The molecule has 0 bridgehead atoms. The van der Waals surface area contributed by atoms with Gasteiger partial charge >= 0.3 is 0 Å². The van der Waals surface area contributed by atoms with Gasteiger partial charge in [-0.2, -0.15) is 5.26 Å². The first-order valence-electron chi connectivity index (χ1n) is 3.22. The Bertz CT molecular complexity index is 153. The summed E-state index contributed by atoms with van der Waals surface area (Å²) in [5.41, 5.74) is -0.936. The highest BCUT2D eigenvalue weighted by atomic mass is 16.3. The van der Waals surface area contributed by atoms with E-state index in [2.05, 4.69) is 0 Å². The van der Waals surface area contributed by atoms with E-state index in [4.69, 9.17) is 5.26 Å². The summed E-state index contributed by atoms with van der Waals surface area (Å²) in [4.78, 5) is 0. The molecule has 0 saturated heterocycles. The molecular weight excluding hydrogens is 144 g/mol. The van der Waals surface area contributed by atoms with E-state index in [9.17, 15) is 5.11 Å². The second-order valence-electron chi connectivity index (χ2n) is 3.56. The first-order valence-corrected chi connectivity index (χ1v) is 3.22. The van der Waals surface area contributed by atoms with Gasteiger partial charge in [-0.1, -0.05) is 0 Å². The third-order valence-electron chi connectivity index (χ3n) is 1.86. The number of rotatable bonds is 2.